The lowest BCUT2D eigenvalue weighted by Gasteiger charge is -2.28. The van der Waals surface area contributed by atoms with E-state index in [2.05, 4.69) is 12.1 Å². The summed E-state index contributed by atoms with van der Waals surface area (Å²) in [6.07, 6.45) is 5.90. The van der Waals surface area contributed by atoms with Crippen LogP contribution in [0.4, 0.5) is 0 Å². The molecule has 22 heavy (non-hydrogen) atoms. The fourth-order valence-electron chi connectivity index (χ4n) is 3.38. The number of ether oxygens (including phenoxy) is 2. The number of hydrogen-bond donors (Lipinski definition) is 0. The second-order valence-electron chi connectivity index (χ2n) is 6.33. The zero-order chi connectivity index (χ0) is 15.4. The van der Waals surface area contributed by atoms with E-state index in [9.17, 15) is 4.79 Å². The molecule has 1 amide bonds. The Hall–Kier alpha value is -1.55. The van der Waals surface area contributed by atoms with Crippen LogP contribution in [0.3, 0.4) is 0 Å². The van der Waals surface area contributed by atoms with Gasteiger partial charge < -0.3 is 14.4 Å². The van der Waals surface area contributed by atoms with Crippen molar-refractivity contribution in [2.24, 2.45) is 0 Å². The maximum Gasteiger partial charge on any atom is 0.219 e. The Morgan fingerprint density at radius 3 is 2.55 bits per heavy atom. The van der Waals surface area contributed by atoms with Crippen LogP contribution < -0.4 is 4.74 Å². The molecule has 0 spiro atoms. The molecule has 1 unspecified atom stereocenters. The van der Waals surface area contributed by atoms with Crippen molar-refractivity contribution in [3.8, 4) is 5.75 Å². The van der Waals surface area contributed by atoms with E-state index in [4.69, 9.17) is 9.47 Å². The molecule has 4 heteroatoms. The van der Waals surface area contributed by atoms with Gasteiger partial charge in [0.15, 0.2) is 0 Å². The summed E-state index contributed by atoms with van der Waals surface area (Å²) < 4.78 is 11.2. The monoisotopic (exact) mass is 303 g/mol. The topological polar surface area (TPSA) is 38.8 Å². The molecule has 0 radical (unpaired) electrons. The first-order chi connectivity index (χ1) is 10.7. The number of hydrogen-bond acceptors (Lipinski definition) is 3. The van der Waals surface area contributed by atoms with Crippen LogP contribution in [0.15, 0.2) is 24.3 Å². The van der Waals surface area contributed by atoms with E-state index in [-0.39, 0.29) is 12.0 Å². The van der Waals surface area contributed by atoms with Crippen molar-refractivity contribution in [3.63, 3.8) is 0 Å². The first-order valence-corrected chi connectivity index (χ1v) is 8.33. The van der Waals surface area contributed by atoms with Gasteiger partial charge in [-0.2, -0.15) is 0 Å². The molecule has 0 aromatic heterocycles. The standard InChI is InChI=1S/C18H25NO3/c1-14(20)19(16-4-2-3-5-16)12-15-6-8-17(9-7-15)22-18-10-11-21-13-18/h6-9,16,18H,2-5,10-13H2,1H3. The average Bonchev–Trinajstić information content (AvgIpc) is 3.19. The maximum absolute atomic E-state index is 11.9. The highest BCUT2D eigenvalue weighted by Gasteiger charge is 2.24. The number of amides is 1. The zero-order valence-electron chi connectivity index (χ0n) is 13.3. The summed E-state index contributed by atoms with van der Waals surface area (Å²) in [5.41, 5.74) is 1.16. The van der Waals surface area contributed by atoms with Crippen molar-refractivity contribution in [1.82, 2.24) is 4.90 Å². The Balaban J connectivity index is 1.60. The molecule has 1 aliphatic heterocycles. The predicted molar refractivity (Wildman–Crippen MR) is 84.8 cm³/mol. The molecular weight excluding hydrogens is 278 g/mol. The number of benzene rings is 1. The molecule has 0 bridgehead atoms. The molecule has 1 atom stereocenters. The third-order valence-electron chi connectivity index (χ3n) is 4.64. The van der Waals surface area contributed by atoms with E-state index in [1.807, 2.05) is 17.0 Å². The summed E-state index contributed by atoms with van der Waals surface area (Å²) in [5, 5.41) is 0. The Bertz CT molecular complexity index is 488. The van der Waals surface area contributed by atoms with Crippen molar-refractivity contribution in [2.45, 2.75) is 57.7 Å². The highest BCUT2D eigenvalue weighted by Crippen LogP contribution is 2.26. The smallest absolute Gasteiger partial charge is 0.219 e. The Morgan fingerprint density at radius 1 is 1.23 bits per heavy atom. The molecule has 1 aromatic rings. The summed E-state index contributed by atoms with van der Waals surface area (Å²) in [7, 11) is 0. The molecule has 1 heterocycles. The van der Waals surface area contributed by atoms with Crippen LogP contribution in [0.25, 0.3) is 0 Å². The molecule has 1 saturated carbocycles. The average molecular weight is 303 g/mol. The minimum absolute atomic E-state index is 0.176. The highest BCUT2D eigenvalue weighted by molar-refractivity contribution is 5.73. The van der Waals surface area contributed by atoms with E-state index < -0.39 is 0 Å². The van der Waals surface area contributed by atoms with Crippen molar-refractivity contribution >= 4 is 5.91 Å². The first-order valence-electron chi connectivity index (χ1n) is 8.33. The Labute approximate surface area is 132 Å². The quantitative estimate of drug-likeness (QED) is 0.839. The van der Waals surface area contributed by atoms with Crippen molar-refractivity contribution in [1.29, 1.82) is 0 Å². The molecule has 1 aromatic carbocycles. The molecule has 2 fully saturated rings. The predicted octanol–water partition coefficient (Wildman–Crippen LogP) is 3.15. The van der Waals surface area contributed by atoms with E-state index in [1.54, 1.807) is 6.92 Å². The van der Waals surface area contributed by atoms with Gasteiger partial charge in [0.2, 0.25) is 5.91 Å². The summed E-state index contributed by atoms with van der Waals surface area (Å²) in [5.74, 6) is 1.06. The Morgan fingerprint density at radius 2 is 1.95 bits per heavy atom. The fraction of sp³-hybridized carbons (Fsp3) is 0.611. The second-order valence-corrected chi connectivity index (χ2v) is 6.33. The van der Waals surface area contributed by atoms with Gasteiger partial charge in [-0.05, 0) is 30.5 Å². The molecule has 1 saturated heterocycles. The molecular formula is C18H25NO3. The van der Waals surface area contributed by atoms with Crippen LogP contribution in [0.5, 0.6) is 5.75 Å². The van der Waals surface area contributed by atoms with Crippen LogP contribution >= 0.6 is 0 Å². The molecule has 1 aliphatic carbocycles. The van der Waals surface area contributed by atoms with Crippen molar-refractivity contribution < 1.29 is 14.3 Å². The minimum Gasteiger partial charge on any atom is -0.488 e. The molecule has 2 aliphatic rings. The molecule has 0 N–H and O–H groups in total. The lowest BCUT2D eigenvalue weighted by molar-refractivity contribution is -0.131. The van der Waals surface area contributed by atoms with E-state index in [0.29, 0.717) is 19.2 Å². The normalized spacial score (nSPS) is 22.0. The van der Waals surface area contributed by atoms with Gasteiger partial charge in [-0.3, -0.25) is 4.79 Å². The summed E-state index contributed by atoms with van der Waals surface area (Å²) in [6.45, 7) is 3.85. The van der Waals surface area contributed by atoms with E-state index in [1.165, 1.54) is 12.8 Å². The minimum atomic E-state index is 0.176. The molecule has 120 valence electrons. The van der Waals surface area contributed by atoms with Gasteiger partial charge in [0.1, 0.15) is 11.9 Å². The van der Waals surface area contributed by atoms with Gasteiger partial charge in [0.25, 0.3) is 0 Å². The van der Waals surface area contributed by atoms with Crippen LogP contribution in [0, 0.1) is 0 Å². The van der Waals surface area contributed by atoms with Gasteiger partial charge in [0, 0.05) is 25.9 Å². The lowest BCUT2D eigenvalue weighted by Crippen LogP contribution is -2.36. The van der Waals surface area contributed by atoms with Gasteiger partial charge >= 0.3 is 0 Å². The van der Waals surface area contributed by atoms with Gasteiger partial charge in [-0.15, -0.1) is 0 Å². The van der Waals surface area contributed by atoms with Crippen LogP contribution in [-0.4, -0.2) is 36.2 Å². The maximum atomic E-state index is 11.9. The number of nitrogens with zero attached hydrogens (tertiary/aromatic N) is 1. The van der Waals surface area contributed by atoms with E-state index in [0.717, 1.165) is 37.2 Å². The van der Waals surface area contributed by atoms with Crippen LogP contribution in [0.1, 0.15) is 44.6 Å². The second kappa shape index (κ2) is 7.14. The highest BCUT2D eigenvalue weighted by atomic mass is 16.5. The van der Waals surface area contributed by atoms with Gasteiger partial charge in [0.05, 0.1) is 13.2 Å². The van der Waals surface area contributed by atoms with Crippen LogP contribution in [-0.2, 0) is 16.1 Å². The van der Waals surface area contributed by atoms with Gasteiger partial charge in [-0.25, -0.2) is 0 Å². The van der Waals surface area contributed by atoms with E-state index >= 15 is 0 Å². The largest absolute Gasteiger partial charge is 0.488 e. The summed E-state index contributed by atoms with van der Waals surface area (Å²) in [6, 6.07) is 8.55. The number of rotatable bonds is 5. The third-order valence-corrected chi connectivity index (χ3v) is 4.64. The van der Waals surface area contributed by atoms with Crippen molar-refractivity contribution in [2.75, 3.05) is 13.2 Å². The molecule has 4 nitrogen and oxygen atoms in total. The Kier molecular flexibility index (Phi) is 4.98. The molecule has 3 rings (SSSR count). The zero-order valence-corrected chi connectivity index (χ0v) is 13.3. The third kappa shape index (κ3) is 3.80. The number of carbonyl (C=O) groups excluding carboxylic acids is 1. The lowest BCUT2D eigenvalue weighted by atomic mass is 10.1. The number of carbonyl (C=O) groups is 1. The SMILES string of the molecule is CC(=O)N(Cc1ccc(OC2CCOC2)cc1)C1CCCC1. The fourth-order valence-corrected chi connectivity index (χ4v) is 3.38. The van der Waals surface area contributed by atoms with Gasteiger partial charge in [-0.1, -0.05) is 25.0 Å². The van der Waals surface area contributed by atoms with Crippen molar-refractivity contribution in [3.05, 3.63) is 29.8 Å². The summed E-state index contributed by atoms with van der Waals surface area (Å²) >= 11 is 0. The first kappa shape index (κ1) is 15.3. The van der Waals surface area contributed by atoms with Crippen LogP contribution in [0.2, 0.25) is 0 Å². The summed E-state index contributed by atoms with van der Waals surface area (Å²) in [4.78, 5) is 13.9.